The highest BCUT2D eigenvalue weighted by atomic mass is 19.4. The van der Waals surface area contributed by atoms with Crippen molar-refractivity contribution in [2.75, 3.05) is 13.2 Å². The van der Waals surface area contributed by atoms with Crippen LogP contribution in [0.5, 0.6) is 5.75 Å². The lowest BCUT2D eigenvalue weighted by atomic mass is 10.2. The first-order chi connectivity index (χ1) is 7.88. The lowest BCUT2D eigenvalue weighted by Crippen LogP contribution is -2.18. The number of rotatable bonds is 5. The molecule has 94 valence electrons. The smallest absolute Gasteiger partial charge is 0.491 e. The number of ether oxygens (including phenoxy) is 2. The van der Waals surface area contributed by atoms with Gasteiger partial charge in [0.1, 0.15) is 18.2 Å². The van der Waals surface area contributed by atoms with Gasteiger partial charge < -0.3 is 10.5 Å². The lowest BCUT2D eigenvalue weighted by Gasteiger charge is -2.09. The molecule has 1 aromatic carbocycles. The monoisotopic (exact) mass is 248 g/mol. The van der Waals surface area contributed by atoms with E-state index < -0.39 is 13.0 Å². The zero-order valence-corrected chi connectivity index (χ0v) is 8.75. The minimum absolute atomic E-state index is 0.137. The summed E-state index contributed by atoms with van der Waals surface area (Å²) >= 11 is 0. The van der Waals surface area contributed by atoms with Gasteiger partial charge in [-0.05, 0) is 12.1 Å². The van der Waals surface area contributed by atoms with Gasteiger partial charge in [0.2, 0.25) is 0 Å². The van der Waals surface area contributed by atoms with E-state index in [1.54, 1.807) is 18.2 Å². The average Bonchev–Trinajstić information content (AvgIpc) is 2.23. The molecule has 0 bridgehead atoms. The van der Waals surface area contributed by atoms with E-state index in [1.165, 1.54) is 6.07 Å². The van der Waals surface area contributed by atoms with Crippen molar-refractivity contribution in [2.45, 2.75) is 6.36 Å². The summed E-state index contributed by atoms with van der Waals surface area (Å²) in [6.07, 6.45) is -4.65. The number of nitrogens with one attached hydrogen (secondary N) is 1. The molecule has 0 saturated carbocycles. The molecule has 0 fully saturated rings. The van der Waals surface area contributed by atoms with Crippen molar-refractivity contribution >= 4 is 5.84 Å². The summed E-state index contributed by atoms with van der Waals surface area (Å²) in [7, 11) is 0. The fourth-order valence-corrected chi connectivity index (χ4v) is 1.07. The maximum atomic E-state index is 11.6. The molecule has 17 heavy (non-hydrogen) atoms. The third kappa shape index (κ3) is 5.21. The van der Waals surface area contributed by atoms with Crippen LogP contribution in [0, 0.1) is 5.41 Å². The van der Waals surface area contributed by atoms with Gasteiger partial charge in [-0.3, -0.25) is 10.1 Å². The fourth-order valence-electron chi connectivity index (χ4n) is 1.07. The van der Waals surface area contributed by atoms with Crippen LogP contribution >= 0.6 is 0 Å². The van der Waals surface area contributed by atoms with Crippen LogP contribution in [-0.4, -0.2) is 25.4 Å². The van der Waals surface area contributed by atoms with Crippen LogP contribution in [0.3, 0.4) is 0 Å². The van der Waals surface area contributed by atoms with Gasteiger partial charge in [0, 0.05) is 5.56 Å². The van der Waals surface area contributed by atoms with Gasteiger partial charge in [-0.2, -0.15) is 0 Å². The minimum atomic E-state index is -4.65. The fraction of sp³-hybridized carbons (Fsp3) is 0.300. The van der Waals surface area contributed by atoms with Crippen molar-refractivity contribution in [2.24, 2.45) is 5.73 Å². The van der Waals surface area contributed by atoms with Crippen LogP contribution in [0.1, 0.15) is 5.56 Å². The predicted octanol–water partition coefficient (Wildman–Crippen LogP) is 1.89. The second kappa shape index (κ2) is 5.53. The number of hydrogen-bond acceptors (Lipinski definition) is 3. The van der Waals surface area contributed by atoms with Crippen LogP contribution in [0.15, 0.2) is 24.3 Å². The predicted molar refractivity (Wildman–Crippen MR) is 55.0 cm³/mol. The van der Waals surface area contributed by atoms with Gasteiger partial charge in [0.25, 0.3) is 0 Å². The molecule has 0 aliphatic rings. The van der Waals surface area contributed by atoms with Crippen LogP contribution < -0.4 is 10.5 Å². The van der Waals surface area contributed by atoms with E-state index in [2.05, 4.69) is 4.74 Å². The first kappa shape index (κ1) is 13.3. The zero-order chi connectivity index (χ0) is 12.9. The highest BCUT2D eigenvalue weighted by Gasteiger charge is 2.28. The summed E-state index contributed by atoms with van der Waals surface area (Å²) in [5.74, 6) is 0.200. The van der Waals surface area contributed by atoms with E-state index in [0.29, 0.717) is 11.3 Å². The molecule has 0 atom stereocenters. The van der Waals surface area contributed by atoms with E-state index in [0.717, 1.165) is 0 Å². The minimum Gasteiger partial charge on any atom is -0.491 e. The Bertz CT molecular complexity index is 393. The molecule has 0 aliphatic carbocycles. The molecule has 3 N–H and O–H groups in total. The maximum absolute atomic E-state index is 11.6. The molecular weight excluding hydrogens is 237 g/mol. The number of alkyl halides is 3. The second-order valence-electron chi connectivity index (χ2n) is 3.08. The molecule has 0 spiro atoms. The van der Waals surface area contributed by atoms with Crippen molar-refractivity contribution in [3.05, 3.63) is 29.8 Å². The third-order valence-electron chi connectivity index (χ3n) is 1.76. The number of nitrogens with two attached hydrogens (primary N) is 1. The number of amidine groups is 1. The quantitative estimate of drug-likeness (QED) is 0.475. The SMILES string of the molecule is N=C(N)c1cccc(OCCOC(F)(F)F)c1. The van der Waals surface area contributed by atoms with Crippen LogP contribution in [0.25, 0.3) is 0 Å². The lowest BCUT2D eigenvalue weighted by molar-refractivity contribution is -0.325. The molecule has 0 unspecified atom stereocenters. The highest BCUT2D eigenvalue weighted by Crippen LogP contribution is 2.16. The Balaban J connectivity index is 2.42. The largest absolute Gasteiger partial charge is 0.522 e. The summed E-state index contributed by atoms with van der Waals surface area (Å²) in [5, 5.41) is 7.18. The Morgan fingerprint density at radius 3 is 2.59 bits per heavy atom. The van der Waals surface area contributed by atoms with Crippen molar-refractivity contribution < 1.29 is 22.6 Å². The molecule has 1 aromatic rings. The highest BCUT2D eigenvalue weighted by molar-refractivity contribution is 5.95. The summed E-state index contributed by atoms with van der Waals surface area (Å²) in [4.78, 5) is 0. The second-order valence-corrected chi connectivity index (χ2v) is 3.08. The van der Waals surface area contributed by atoms with Gasteiger partial charge in [-0.25, -0.2) is 0 Å². The van der Waals surface area contributed by atoms with E-state index in [-0.39, 0.29) is 12.4 Å². The van der Waals surface area contributed by atoms with Crippen LogP contribution in [-0.2, 0) is 4.74 Å². The first-order valence-electron chi connectivity index (χ1n) is 4.66. The van der Waals surface area contributed by atoms with Gasteiger partial charge in [-0.15, -0.1) is 13.2 Å². The Kier molecular flexibility index (Phi) is 4.33. The first-order valence-corrected chi connectivity index (χ1v) is 4.66. The van der Waals surface area contributed by atoms with E-state index >= 15 is 0 Å². The molecule has 0 heterocycles. The number of nitrogen functional groups attached to an aromatic ring is 1. The molecule has 0 aliphatic heterocycles. The third-order valence-corrected chi connectivity index (χ3v) is 1.76. The van der Waals surface area contributed by atoms with Crippen LogP contribution in [0.2, 0.25) is 0 Å². The number of halogens is 3. The van der Waals surface area contributed by atoms with Gasteiger partial charge in [-0.1, -0.05) is 12.1 Å². The normalized spacial score (nSPS) is 11.2. The zero-order valence-electron chi connectivity index (χ0n) is 8.75. The topological polar surface area (TPSA) is 68.3 Å². The van der Waals surface area contributed by atoms with Crippen molar-refractivity contribution in [3.63, 3.8) is 0 Å². The molecule has 4 nitrogen and oxygen atoms in total. The van der Waals surface area contributed by atoms with Crippen molar-refractivity contribution in [1.82, 2.24) is 0 Å². The Morgan fingerprint density at radius 2 is 2.00 bits per heavy atom. The maximum Gasteiger partial charge on any atom is 0.522 e. The average molecular weight is 248 g/mol. The van der Waals surface area contributed by atoms with E-state index in [1.807, 2.05) is 0 Å². The molecule has 0 amide bonds. The van der Waals surface area contributed by atoms with Gasteiger partial charge in [0.05, 0.1) is 6.61 Å². The molecule has 0 aromatic heterocycles. The van der Waals surface area contributed by atoms with Gasteiger partial charge in [0.15, 0.2) is 0 Å². The summed E-state index contributed by atoms with van der Waals surface area (Å²) in [6, 6.07) is 6.22. The summed E-state index contributed by atoms with van der Waals surface area (Å²) in [5.41, 5.74) is 5.69. The van der Waals surface area contributed by atoms with Crippen molar-refractivity contribution in [3.8, 4) is 5.75 Å². The van der Waals surface area contributed by atoms with Gasteiger partial charge >= 0.3 is 6.36 Å². The Hall–Kier alpha value is -1.76. The Morgan fingerprint density at radius 1 is 1.29 bits per heavy atom. The molecule has 1 rings (SSSR count). The molecule has 0 saturated heterocycles. The number of hydrogen-bond donors (Lipinski definition) is 2. The number of benzene rings is 1. The van der Waals surface area contributed by atoms with E-state index in [9.17, 15) is 13.2 Å². The van der Waals surface area contributed by atoms with E-state index in [4.69, 9.17) is 15.9 Å². The molecule has 0 radical (unpaired) electrons. The molecule has 7 heteroatoms. The summed E-state index contributed by atoms with van der Waals surface area (Å²) < 4.78 is 43.4. The van der Waals surface area contributed by atoms with Crippen molar-refractivity contribution in [1.29, 1.82) is 5.41 Å². The molecular formula is C10H11F3N2O2. The summed E-state index contributed by atoms with van der Waals surface area (Å²) in [6.45, 7) is -0.825. The Labute approximate surface area is 95.6 Å². The van der Waals surface area contributed by atoms with Crippen LogP contribution in [0.4, 0.5) is 13.2 Å². The standard InChI is InChI=1S/C10H11F3N2O2/c11-10(12,13)17-5-4-16-8-3-1-2-7(6-8)9(14)15/h1-3,6H,4-5H2,(H3,14,15).